The topological polar surface area (TPSA) is 48.4 Å². The van der Waals surface area contributed by atoms with Crippen LogP contribution in [0.2, 0.25) is 0 Å². The Morgan fingerprint density at radius 2 is 2.04 bits per heavy atom. The van der Waals surface area contributed by atoms with E-state index in [1.807, 2.05) is 6.07 Å². The molecule has 2 unspecified atom stereocenters. The highest BCUT2D eigenvalue weighted by Crippen LogP contribution is 2.49. The minimum Gasteiger partial charge on any atom is -0.483 e. The van der Waals surface area contributed by atoms with Crippen molar-refractivity contribution in [1.82, 2.24) is 4.98 Å². The maximum absolute atomic E-state index is 14.5. The number of rotatable bonds is 8. The van der Waals surface area contributed by atoms with Gasteiger partial charge in [0.2, 0.25) is 0 Å². The summed E-state index contributed by atoms with van der Waals surface area (Å²) in [5, 5.41) is 0.839. The number of benzene rings is 1. The Morgan fingerprint density at radius 1 is 1.29 bits per heavy atom. The molecule has 1 aromatic heterocycles. The average Bonchev–Trinajstić information content (AvgIpc) is 3.60. The second-order valence-electron chi connectivity index (χ2n) is 7.30. The van der Waals surface area contributed by atoms with E-state index in [4.69, 9.17) is 4.74 Å². The molecule has 0 spiro atoms. The van der Waals surface area contributed by atoms with Crippen LogP contribution in [0.3, 0.4) is 0 Å². The van der Waals surface area contributed by atoms with Crippen molar-refractivity contribution in [2.24, 2.45) is 11.8 Å². The quantitative estimate of drug-likeness (QED) is 0.470. The number of carbonyl (C=O) groups excluding carboxylic acids is 1. The van der Waals surface area contributed by atoms with Crippen LogP contribution in [0.4, 0.5) is 8.78 Å². The van der Waals surface area contributed by atoms with Crippen LogP contribution in [0, 0.1) is 23.5 Å². The highest BCUT2D eigenvalue weighted by atomic mass is 32.2. The molecule has 2 aliphatic carbocycles. The summed E-state index contributed by atoms with van der Waals surface area (Å²) in [5.41, 5.74) is 1.27. The molecule has 2 aromatic rings. The Kier molecular flexibility index (Phi) is 5.53. The number of ether oxygens (including phenoxy) is 2. The fraction of sp³-hybridized carbons (Fsp3) is 0.429. The monoisotopic (exact) mass is 405 g/mol. The van der Waals surface area contributed by atoms with E-state index in [0.29, 0.717) is 12.0 Å². The molecule has 7 heteroatoms. The molecule has 0 aliphatic heterocycles. The molecular formula is C21H21F2NO3S. The summed E-state index contributed by atoms with van der Waals surface area (Å²) in [6, 6.07) is 6.14. The standard InChI is InChI=1S/C21H21F2NO3S/c1-26-21(25)16-9-15(16)14-7-17(22)19(18(23)8-14)27-10-13-3-2-6-24-20(13)28-11-12-4-5-12/h2-3,6-8,12,15-16H,4-5,9-11H2,1H3. The number of halogens is 2. The molecule has 28 heavy (non-hydrogen) atoms. The summed E-state index contributed by atoms with van der Waals surface area (Å²) in [6.07, 6.45) is 4.77. The van der Waals surface area contributed by atoms with Crippen LogP contribution in [0.25, 0.3) is 0 Å². The van der Waals surface area contributed by atoms with Gasteiger partial charge in [-0.3, -0.25) is 4.79 Å². The Hall–Kier alpha value is -2.15. The van der Waals surface area contributed by atoms with Gasteiger partial charge < -0.3 is 9.47 Å². The van der Waals surface area contributed by atoms with Crippen molar-refractivity contribution in [3.05, 3.63) is 53.2 Å². The van der Waals surface area contributed by atoms with Gasteiger partial charge in [0.05, 0.1) is 13.0 Å². The molecule has 0 radical (unpaired) electrons. The number of esters is 1. The largest absolute Gasteiger partial charge is 0.483 e. The first-order valence-corrected chi connectivity index (χ1v) is 10.3. The maximum Gasteiger partial charge on any atom is 0.309 e. The first-order chi connectivity index (χ1) is 13.6. The van der Waals surface area contributed by atoms with E-state index in [1.165, 1.54) is 32.1 Å². The van der Waals surface area contributed by atoms with Crippen LogP contribution >= 0.6 is 11.8 Å². The molecular weight excluding hydrogens is 384 g/mol. The molecule has 1 heterocycles. The van der Waals surface area contributed by atoms with Gasteiger partial charge in [0.1, 0.15) is 11.6 Å². The van der Waals surface area contributed by atoms with Crippen LogP contribution in [-0.4, -0.2) is 23.8 Å². The van der Waals surface area contributed by atoms with Crippen molar-refractivity contribution in [3.8, 4) is 5.75 Å². The zero-order valence-corrected chi connectivity index (χ0v) is 16.3. The third-order valence-electron chi connectivity index (χ3n) is 5.12. The van der Waals surface area contributed by atoms with E-state index in [9.17, 15) is 13.6 Å². The zero-order chi connectivity index (χ0) is 19.7. The van der Waals surface area contributed by atoms with Gasteiger partial charge in [-0.1, -0.05) is 6.07 Å². The minimum atomic E-state index is -0.762. The number of carbonyl (C=O) groups is 1. The molecule has 4 rings (SSSR count). The molecule has 0 amide bonds. The van der Waals surface area contributed by atoms with E-state index < -0.39 is 17.4 Å². The smallest absolute Gasteiger partial charge is 0.309 e. The predicted octanol–water partition coefficient (Wildman–Crippen LogP) is 4.72. The van der Waals surface area contributed by atoms with Gasteiger partial charge in [-0.05, 0) is 54.9 Å². The Bertz CT molecular complexity index is 865. The summed E-state index contributed by atoms with van der Waals surface area (Å²) in [7, 11) is 1.31. The van der Waals surface area contributed by atoms with Crippen LogP contribution in [-0.2, 0) is 16.1 Å². The fourth-order valence-electron chi connectivity index (χ4n) is 3.20. The lowest BCUT2D eigenvalue weighted by atomic mass is 10.1. The Labute approximate surface area is 166 Å². The third kappa shape index (κ3) is 4.29. The second kappa shape index (κ2) is 8.07. The lowest BCUT2D eigenvalue weighted by molar-refractivity contribution is -0.142. The number of hydrogen-bond acceptors (Lipinski definition) is 5. The number of nitrogens with zero attached hydrogens (tertiary/aromatic N) is 1. The molecule has 1 aromatic carbocycles. The van der Waals surface area contributed by atoms with Gasteiger partial charge in [0.25, 0.3) is 0 Å². The van der Waals surface area contributed by atoms with Gasteiger partial charge in [-0.15, -0.1) is 11.8 Å². The molecule has 148 valence electrons. The molecule has 0 N–H and O–H groups in total. The van der Waals surface area contributed by atoms with Crippen LogP contribution < -0.4 is 4.74 Å². The summed E-state index contributed by atoms with van der Waals surface area (Å²) in [6.45, 7) is 0.0439. The highest BCUT2D eigenvalue weighted by molar-refractivity contribution is 7.99. The minimum absolute atomic E-state index is 0.0439. The summed E-state index contributed by atoms with van der Waals surface area (Å²) < 4.78 is 39.1. The molecule has 0 saturated heterocycles. The SMILES string of the molecule is COC(=O)C1CC1c1cc(F)c(OCc2cccnc2SCC2CC2)c(F)c1. The molecule has 2 fully saturated rings. The number of aromatic nitrogens is 1. The van der Waals surface area contributed by atoms with E-state index in [2.05, 4.69) is 9.72 Å². The normalized spacial score (nSPS) is 20.7. The van der Waals surface area contributed by atoms with Crippen molar-refractivity contribution in [2.75, 3.05) is 12.9 Å². The maximum atomic E-state index is 14.5. The van der Waals surface area contributed by atoms with Gasteiger partial charge >= 0.3 is 5.97 Å². The van der Waals surface area contributed by atoms with Crippen LogP contribution in [0.5, 0.6) is 5.75 Å². The summed E-state index contributed by atoms with van der Waals surface area (Å²) in [4.78, 5) is 15.9. The van der Waals surface area contributed by atoms with Crippen molar-refractivity contribution >= 4 is 17.7 Å². The van der Waals surface area contributed by atoms with Crippen molar-refractivity contribution in [3.63, 3.8) is 0 Å². The second-order valence-corrected chi connectivity index (χ2v) is 8.30. The highest BCUT2D eigenvalue weighted by Gasteiger charge is 2.45. The molecule has 2 atom stereocenters. The average molecular weight is 405 g/mol. The Morgan fingerprint density at radius 3 is 2.71 bits per heavy atom. The van der Waals surface area contributed by atoms with E-state index in [1.54, 1.807) is 24.0 Å². The molecule has 4 nitrogen and oxygen atoms in total. The number of hydrogen-bond donors (Lipinski definition) is 0. The van der Waals surface area contributed by atoms with Crippen molar-refractivity contribution in [1.29, 1.82) is 0 Å². The number of methoxy groups -OCH3 is 1. The van der Waals surface area contributed by atoms with Gasteiger partial charge in [-0.2, -0.15) is 0 Å². The third-order valence-corrected chi connectivity index (χ3v) is 6.40. The van der Waals surface area contributed by atoms with E-state index in [-0.39, 0.29) is 24.4 Å². The predicted molar refractivity (Wildman–Crippen MR) is 101 cm³/mol. The zero-order valence-electron chi connectivity index (χ0n) is 15.5. The number of thioether (sulfide) groups is 1. The summed E-state index contributed by atoms with van der Waals surface area (Å²) >= 11 is 1.66. The van der Waals surface area contributed by atoms with Gasteiger partial charge in [-0.25, -0.2) is 13.8 Å². The lowest BCUT2D eigenvalue weighted by Crippen LogP contribution is -2.05. The van der Waals surface area contributed by atoms with Crippen LogP contribution in [0.1, 0.15) is 36.3 Å². The molecule has 0 bridgehead atoms. The fourth-order valence-corrected chi connectivity index (χ4v) is 4.38. The first-order valence-electron chi connectivity index (χ1n) is 9.33. The van der Waals surface area contributed by atoms with Gasteiger partial charge in [0.15, 0.2) is 17.4 Å². The Balaban J connectivity index is 1.43. The summed E-state index contributed by atoms with van der Waals surface area (Å²) in [5.74, 6) is -1.04. The molecule has 2 aliphatic rings. The van der Waals surface area contributed by atoms with Crippen molar-refractivity contribution in [2.45, 2.75) is 36.8 Å². The number of pyridine rings is 1. The van der Waals surface area contributed by atoms with E-state index >= 15 is 0 Å². The first kappa shape index (κ1) is 19.2. The van der Waals surface area contributed by atoms with Crippen LogP contribution in [0.15, 0.2) is 35.5 Å². The molecule has 2 saturated carbocycles. The van der Waals surface area contributed by atoms with E-state index in [0.717, 1.165) is 22.3 Å². The van der Waals surface area contributed by atoms with Crippen molar-refractivity contribution < 1.29 is 23.0 Å². The van der Waals surface area contributed by atoms with Gasteiger partial charge in [0, 0.05) is 17.5 Å². The lowest BCUT2D eigenvalue weighted by Gasteiger charge is -2.12.